The quantitative estimate of drug-likeness (QED) is 0.762. The number of aromatic amines is 1. The van der Waals surface area contributed by atoms with Gasteiger partial charge >= 0.3 is 6.18 Å². The number of amides is 1. The molecule has 0 spiro atoms. The van der Waals surface area contributed by atoms with Crippen LogP contribution in [0, 0.1) is 6.92 Å². The monoisotopic (exact) mass is 331 g/mol. The number of rotatable bonds is 5. The van der Waals surface area contributed by atoms with Gasteiger partial charge in [0.05, 0.1) is 0 Å². The highest BCUT2D eigenvalue weighted by Crippen LogP contribution is 2.40. The third-order valence-corrected chi connectivity index (χ3v) is 3.37. The molecule has 2 aromatic heterocycles. The first-order valence-corrected chi connectivity index (χ1v) is 6.72. The van der Waals surface area contributed by atoms with Gasteiger partial charge < -0.3 is 15.0 Å². The van der Waals surface area contributed by atoms with Crippen molar-refractivity contribution in [3.8, 4) is 0 Å². The minimum Gasteiger partial charge on any atom is -0.374 e. The summed E-state index contributed by atoms with van der Waals surface area (Å²) in [6.07, 6.45) is -3.23. The van der Waals surface area contributed by atoms with Gasteiger partial charge in [-0.25, -0.2) is 4.98 Å². The van der Waals surface area contributed by atoms with E-state index in [9.17, 15) is 23.1 Å². The van der Waals surface area contributed by atoms with E-state index in [2.05, 4.69) is 20.5 Å². The molecule has 0 aliphatic rings. The van der Waals surface area contributed by atoms with E-state index in [1.807, 2.05) is 0 Å². The molecule has 0 aliphatic heterocycles. The van der Waals surface area contributed by atoms with Crippen molar-refractivity contribution in [3.05, 3.63) is 35.7 Å². The molecule has 10 heteroatoms. The van der Waals surface area contributed by atoms with Crippen molar-refractivity contribution in [3.63, 3.8) is 0 Å². The minimum absolute atomic E-state index is 0.0649. The van der Waals surface area contributed by atoms with Crippen LogP contribution < -0.4 is 5.32 Å². The highest BCUT2D eigenvalue weighted by Gasteiger charge is 2.57. The van der Waals surface area contributed by atoms with Gasteiger partial charge in [-0.1, -0.05) is 0 Å². The zero-order valence-corrected chi connectivity index (χ0v) is 12.5. The Hall–Kier alpha value is -2.36. The van der Waals surface area contributed by atoms with Crippen molar-refractivity contribution in [2.24, 2.45) is 7.05 Å². The van der Waals surface area contributed by atoms with Gasteiger partial charge in [0.1, 0.15) is 11.5 Å². The number of nitrogens with one attached hydrogen (secondary N) is 2. The normalized spacial score (nSPS) is 14.5. The summed E-state index contributed by atoms with van der Waals surface area (Å²) < 4.78 is 40.9. The number of hydrogen-bond donors (Lipinski definition) is 3. The third kappa shape index (κ3) is 3.36. The van der Waals surface area contributed by atoms with Gasteiger partial charge in [-0.2, -0.15) is 18.3 Å². The fourth-order valence-electron chi connectivity index (χ4n) is 2.13. The predicted octanol–water partition coefficient (Wildman–Crippen LogP) is 1.02. The van der Waals surface area contributed by atoms with Crippen molar-refractivity contribution in [2.45, 2.75) is 25.1 Å². The van der Waals surface area contributed by atoms with Crippen molar-refractivity contribution >= 4 is 5.91 Å². The molecular formula is C13H16F3N5O2. The van der Waals surface area contributed by atoms with E-state index in [0.29, 0.717) is 5.69 Å². The molecule has 2 rings (SSSR count). The van der Waals surface area contributed by atoms with E-state index in [0.717, 1.165) is 10.8 Å². The highest BCUT2D eigenvalue weighted by atomic mass is 19.4. The second-order valence-corrected chi connectivity index (χ2v) is 5.16. The average Bonchev–Trinajstić information content (AvgIpc) is 3.06. The summed E-state index contributed by atoms with van der Waals surface area (Å²) >= 11 is 0. The zero-order valence-electron chi connectivity index (χ0n) is 12.5. The van der Waals surface area contributed by atoms with Gasteiger partial charge in [0.25, 0.3) is 5.91 Å². The van der Waals surface area contributed by atoms with Crippen LogP contribution in [-0.2, 0) is 12.6 Å². The number of alkyl halides is 3. The number of carbonyl (C=O) groups excluding carboxylic acids is 1. The molecule has 0 aliphatic carbocycles. The van der Waals surface area contributed by atoms with Crippen LogP contribution >= 0.6 is 0 Å². The molecular weight excluding hydrogens is 315 g/mol. The van der Waals surface area contributed by atoms with Gasteiger partial charge in [-0.05, 0) is 13.0 Å². The van der Waals surface area contributed by atoms with Gasteiger partial charge in [0, 0.05) is 38.1 Å². The Kier molecular flexibility index (Phi) is 4.46. The van der Waals surface area contributed by atoms with E-state index in [1.54, 1.807) is 6.92 Å². The Balaban J connectivity index is 2.08. The maximum atomic E-state index is 13.3. The summed E-state index contributed by atoms with van der Waals surface area (Å²) in [5.74, 6) is -1.16. The predicted molar refractivity (Wildman–Crippen MR) is 73.4 cm³/mol. The maximum absolute atomic E-state index is 13.3. The van der Waals surface area contributed by atoms with E-state index >= 15 is 0 Å². The van der Waals surface area contributed by atoms with E-state index in [4.69, 9.17) is 0 Å². The van der Waals surface area contributed by atoms with Crippen molar-refractivity contribution in [1.29, 1.82) is 0 Å². The summed E-state index contributed by atoms with van der Waals surface area (Å²) in [5.41, 5.74) is -2.44. The standard InChI is InChI=1S/C13H16F3N5O2/c1-8-7-9(20-19-8)10(22)17-4-3-12(23,13(14,15)16)11-18-5-6-21(11)2/h5-7,23H,3-4H2,1-2H3,(H,17,22)(H,19,20). The maximum Gasteiger partial charge on any atom is 0.424 e. The number of aliphatic hydroxyl groups is 1. The molecule has 0 bridgehead atoms. The topological polar surface area (TPSA) is 95.8 Å². The lowest BCUT2D eigenvalue weighted by Crippen LogP contribution is -2.46. The number of imidazole rings is 1. The number of nitrogens with zero attached hydrogens (tertiary/aromatic N) is 3. The number of aryl methyl sites for hydroxylation is 2. The van der Waals surface area contributed by atoms with E-state index < -0.39 is 36.5 Å². The van der Waals surface area contributed by atoms with Crippen LogP contribution in [0.4, 0.5) is 13.2 Å². The lowest BCUT2D eigenvalue weighted by molar-refractivity contribution is -0.272. The Bertz CT molecular complexity index is 694. The Morgan fingerprint density at radius 1 is 1.48 bits per heavy atom. The molecule has 0 saturated carbocycles. The van der Waals surface area contributed by atoms with Crippen LogP contribution in [0.25, 0.3) is 0 Å². The van der Waals surface area contributed by atoms with Crippen LogP contribution in [0.3, 0.4) is 0 Å². The van der Waals surface area contributed by atoms with Gasteiger partial charge in [-0.3, -0.25) is 9.89 Å². The second kappa shape index (κ2) is 6.03. The Morgan fingerprint density at radius 3 is 2.65 bits per heavy atom. The summed E-state index contributed by atoms with van der Waals surface area (Å²) in [4.78, 5) is 15.3. The lowest BCUT2D eigenvalue weighted by atomic mass is 9.97. The van der Waals surface area contributed by atoms with Gasteiger partial charge in [-0.15, -0.1) is 0 Å². The van der Waals surface area contributed by atoms with Crippen LogP contribution in [-0.4, -0.2) is 43.5 Å². The molecule has 1 amide bonds. The average molecular weight is 331 g/mol. The number of carbonyl (C=O) groups is 1. The molecule has 23 heavy (non-hydrogen) atoms. The number of aromatic nitrogens is 4. The smallest absolute Gasteiger partial charge is 0.374 e. The summed E-state index contributed by atoms with van der Waals surface area (Å²) in [7, 11) is 1.35. The fraction of sp³-hybridized carbons (Fsp3) is 0.462. The summed E-state index contributed by atoms with van der Waals surface area (Å²) in [5, 5.41) is 18.7. The number of H-pyrrole nitrogens is 1. The minimum atomic E-state index is -4.93. The lowest BCUT2D eigenvalue weighted by Gasteiger charge is -2.29. The van der Waals surface area contributed by atoms with E-state index in [-0.39, 0.29) is 5.69 Å². The summed E-state index contributed by atoms with van der Waals surface area (Å²) in [6.45, 7) is 1.29. The molecule has 1 unspecified atom stereocenters. The first kappa shape index (κ1) is 17.0. The number of hydrogen-bond acceptors (Lipinski definition) is 4. The zero-order chi connectivity index (χ0) is 17.3. The molecule has 2 aromatic rings. The Morgan fingerprint density at radius 2 is 2.17 bits per heavy atom. The van der Waals surface area contributed by atoms with Crippen LogP contribution in [0.1, 0.15) is 28.4 Å². The molecule has 0 saturated heterocycles. The van der Waals surface area contributed by atoms with Crippen molar-refractivity contribution in [2.75, 3.05) is 6.54 Å². The molecule has 126 valence electrons. The van der Waals surface area contributed by atoms with Crippen LogP contribution in [0.15, 0.2) is 18.5 Å². The molecule has 0 aromatic carbocycles. The van der Waals surface area contributed by atoms with E-state index in [1.165, 1.54) is 19.3 Å². The molecule has 0 fully saturated rings. The molecule has 2 heterocycles. The van der Waals surface area contributed by atoms with Gasteiger partial charge in [0.2, 0.25) is 5.60 Å². The molecule has 3 N–H and O–H groups in total. The van der Waals surface area contributed by atoms with Crippen molar-refractivity contribution in [1.82, 2.24) is 25.1 Å². The number of halogens is 3. The molecule has 7 nitrogen and oxygen atoms in total. The first-order chi connectivity index (χ1) is 10.6. The highest BCUT2D eigenvalue weighted by molar-refractivity contribution is 5.92. The van der Waals surface area contributed by atoms with Crippen LogP contribution in [0.2, 0.25) is 0 Å². The fourth-order valence-corrected chi connectivity index (χ4v) is 2.13. The summed E-state index contributed by atoms with van der Waals surface area (Å²) in [6, 6.07) is 1.46. The van der Waals surface area contributed by atoms with Gasteiger partial charge in [0.15, 0.2) is 0 Å². The molecule has 1 atom stereocenters. The van der Waals surface area contributed by atoms with Crippen molar-refractivity contribution < 1.29 is 23.1 Å². The third-order valence-electron chi connectivity index (χ3n) is 3.37. The Labute approximate surface area is 129 Å². The second-order valence-electron chi connectivity index (χ2n) is 5.16. The largest absolute Gasteiger partial charge is 0.424 e. The molecule has 0 radical (unpaired) electrons. The van der Waals surface area contributed by atoms with Crippen LogP contribution in [0.5, 0.6) is 0 Å². The first-order valence-electron chi connectivity index (χ1n) is 6.72. The SMILES string of the molecule is Cc1cc(C(=O)NCCC(O)(c2nccn2C)C(F)(F)F)n[nH]1.